The van der Waals surface area contributed by atoms with Crippen LogP contribution in [0.2, 0.25) is 0 Å². The van der Waals surface area contributed by atoms with E-state index in [1.54, 1.807) is 0 Å². The van der Waals surface area contributed by atoms with Crippen LogP contribution in [0.25, 0.3) is 16.7 Å². The number of amides is 1. The third kappa shape index (κ3) is 3.13. The van der Waals surface area contributed by atoms with Crippen molar-refractivity contribution in [3.05, 3.63) is 95.3 Å². The van der Waals surface area contributed by atoms with Crippen molar-refractivity contribution in [1.82, 2.24) is 9.88 Å². The molecule has 6 rings (SSSR count). The number of benzene rings is 2. The van der Waals surface area contributed by atoms with Crippen LogP contribution in [0, 0.1) is 6.92 Å². The van der Waals surface area contributed by atoms with Crippen molar-refractivity contribution < 1.29 is 9.53 Å². The van der Waals surface area contributed by atoms with Crippen LogP contribution in [0.1, 0.15) is 47.6 Å². The molecular formula is C28H26N2O2. The van der Waals surface area contributed by atoms with Gasteiger partial charge in [0.25, 0.3) is 0 Å². The van der Waals surface area contributed by atoms with E-state index in [9.17, 15) is 4.79 Å². The molecule has 1 amide bonds. The maximum absolute atomic E-state index is 13.2. The highest BCUT2D eigenvalue weighted by Crippen LogP contribution is 2.45. The summed E-state index contributed by atoms with van der Waals surface area (Å²) in [5.74, 6) is 0.0969. The Labute approximate surface area is 188 Å². The Hall–Kier alpha value is -3.40. The van der Waals surface area contributed by atoms with Gasteiger partial charge < -0.3 is 4.74 Å². The van der Waals surface area contributed by atoms with Gasteiger partial charge in [0.15, 0.2) is 0 Å². The van der Waals surface area contributed by atoms with Crippen LogP contribution in [0.4, 0.5) is 4.79 Å². The van der Waals surface area contributed by atoms with Crippen molar-refractivity contribution in [3.8, 4) is 11.1 Å². The topological polar surface area (TPSA) is 42.4 Å². The Morgan fingerprint density at radius 1 is 1.03 bits per heavy atom. The van der Waals surface area contributed by atoms with Gasteiger partial charge in [-0.25, -0.2) is 4.79 Å². The highest BCUT2D eigenvalue weighted by Gasteiger charge is 2.41. The summed E-state index contributed by atoms with van der Waals surface area (Å²) in [4.78, 5) is 19.5. The lowest BCUT2D eigenvalue weighted by atomic mass is 9.95. The molecule has 3 aromatic rings. The molecule has 1 saturated heterocycles. The number of rotatable bonds is 3. The smallest absolute Gasteiger partial charge is 0.410 e. The lowest BCUT2D eigenvalue weighted by Gasteiger charge is -2.33. The van der Waals surface area contributed by atoms with Gasteiger partial charge in [0, 0.05) is 23.9 Å². The van der Waals surface area contributed by atoms with Crippen LogP contribution in [-0.4, -0.2) is 34.7 Å². The number of aryl methyl sites for hydroxylation is 1. The minimum Gasteiger partial charge on any atom is -0.448 e. The SMILES string of the molecule is Cc1cc(C2=CC3CCC(C2)N3C(=O)OCC2c3ccccc3-c3ccccc32)ccn1. The van der Waals surface area contributed by atoms with E-state index in [0.29, 0.717) is 6.61 Å². The quantitative estimate of drug-likeness (QED) is 0.523. The molecule has 2 atom stereocenters. The molecule has 1 aromatic heterocycles. The monoisotopic (exact) mass is 422 g/mol. The summed E-state index contributed by atoms with van der Waals surface area (Å²) in [7, 11) is 0. The van der Waals surface area contributed by atoms with Gasteiger partial charge in [-0.3, -0.25) is 9.88 Å². The lowest BCUT2D eigenvalue weighted by Crippen LogP contribution is -2.43. The van der Waals surface area contributed by atoms with Gasteiger partial charge >= 0.3 is 6.09 Å². The predicted molar refractivity (Wildman–Crippen MR) is 125 cm³/mol. The van der Waals surface area contributed by atoms with Gasteiger partial charge in [-0.05, 0) is 71.7 Å². The number of carbonyl (C=O) groups is 1. The standard InChI is InChI=1S/C28H26N2O2/c1-18-14-19(12-13-29-18)20-15-21-10-11-22(16-20)30(21)28(31)32-17-27-25-8-4-2-6-23(25)24-7-3-5-9-26(24)27/h2-9,12-15,21-22,27H,10-11,16-17H2,1H3. The fourth-order valence-electron chi connectivity index (χ4n) is 5.74. The van der Waals surface area contributed by atoms with Gasteiger partial charge in [-0.2, -0.15) is 0 Å². The summed E-state index contributed by atoms with van der Waals surface area (Å²) in [5.41, 5.74) is 8.57. The second kappa shape index (κ2) is 7.63. The number of aromatic nitrogens is 1. The zero-order valence-electron chi connectivity index (χ0n) is 18.2. The average molecular weight is 423 g/mol. The maximum atomic E-state index is 13.2. The van der Waals surface area contributed by atoms with Gasteiger partial charge in [-0.15, -0.1) is 0 Å². The van der Waals surface area contributed by atoms with E-state index in [0.717, 1.165) is 25.0 Å². The molecule has 0 radical (unpaired) electrons. The second-order valence-electron chi connectivity index (χ2n) is 9.09. The van der Waals surface area contributed by atoms with Gasteiger partial charge in [0.2, 0.25) is 0 Å². The first-order valence-corrected chi connectivity index (χ1v) is 11.5. The minimum absolute atomic E-state index is 0.0969. The van der Waals surface area contributed by atoms with Crippen LogP contribution in [0.15, 0.2) is 72.9 Å². The number of pyridine rings is 1. The molecule has 1 fully saturated rings. The summed E-state index contributed by atoms with van der Waals surface area (Å²) in [6, 6.07) is 21.4. The highest BCUT2D eigenvalue weighted by molar-refractivity contribution is 5.79. The molecule has 0 N–H and O–H groups in total. The molecule has 2 unspecified atom stereocenters. The van der Waals surface area contributed by atoms with Gasteiger partial charge in [-0.1, -0.05) is 54.6 Å². The zero-order valence-corrected chi connectivity index (χ0v) is 18.2. The summed E-state index contributed by atoms with van der Waals surface area (Å²) in [6.07, 6.45) is 6.86. The number of fused-ring (bicyclic) bond motifs is 5. The number of ether oxygens (including phenoxy) is 1. The Balaban J connectivity index is 1.20. The molecule has 4 nitrogen and oxygen atoms in total. The molecule has 2 bridgehead atoms. The van der Waals surface area contributed by atoms with Crippen molar-refractivity contribution in [3.63, 3.8) is 0 Å². The normalized spacial score (nSPS) is 21.2. The summed E-state index contributed by atoms with van der Waals surface area (Å²) >= 11 is 0. The van der Waals surface area contributed by atoms with E-state index in [2.05, 4.69) is 71.7 Å². The van der Waals surface area contributed by atoms with Crippen molar-refractivity contribution in [1.29, 1.82) is 0 Å². The fraction of sp³-hybridized carbons (Fsp3) is 0.286. The number of carbonyl (C=O) groups excluding carboxylic acids is 1. The van der Waals surface area contributed by atoms with Crippen LogP contribution >= 0.6 is 0 Å². The molecule has 3 aliphatic rings. The Morgan fingerprint density at radius 3 is 2.44 bits per heavy atom. The first kappa shape index (κ1) is 19.3. The second-order valence-corrected chi connectivity index (χ2v) is 9.09. The third-order valence-electron chi connectivity index (χ3n) is 7.21. The van der Waals surface area contributed by atoms with E-state index >= 15 is 0 Å². The van der Waals surface area contributed by atoms with Gasteiger partial charge in [0.05, 0.1) is 6.04 Å². The first-order chi connectivity index (χ1) is 15.7. The van der Waals surface area contributed by atoms with E-state index in [1.807, 2.05) is 18.0 Å². The predicted octanol–water partition coefficient (Wildman–Crippen LogP) is 5.96. The molecule has 160 valence electrons. The molecule has 0 spiro atoms. The average Bonchev–Trinajstić information content (AvgIpc) is 3.28. The van der Waals surface area contributed by atoms with E-state index in [-0.39, 0.29) is 24.1 Å². The molecule has 1 aliphatic carbocycles. The van der Waals surface area contributed by atoms with Crippen molar-refractivity contribution >= 4 is 11.7 Å². The molecule has 2 aliphatic heterocycles. The first-order valence-electron chi connectivity index (χ1n) is 11.5. The van der Waals surface area contributed by atoms with Crippen LogP contribution < -0.4 is 0 Å². The molecule has 2 aromatic carbocycles. The van der Waals surface area contributed by atoms with E-state index in [1.165, 1.54) is 33.4 Å². The summed E-state index contributed by atoms with van der Waals surface area (Å²) < 4.78 is 5.97. The third-order valence-corrected chi connectivity index (χ3v) is 7.21. The van der Waals surface area contributed by atoms with Crippen molar-refractivity contribution in [2.45, 2.75) is 44.2 Å². The van der Waals surface area contributed by atoms with Crippen LogP contribution in [-0.2, 0) is 4.74 Å². The largest absolute Gasteiger partial charge is 0.448 e. The molecule has 4 heteroatoms. The highest BCUT2D eigenvalue weighted by atomic mass is 16.6. The Bertz CT molecular complexity index is 1190. The number of hydrogen-bond donors (Lipinski definition) is 0. The lowest BCUT2D eigenvalue weighted by molar-refractivity contribution is 0.0866. The maximum Gasteiger partial charge on any atom is 0.410 e. The van der Waals surface area contributed by atoms with Crippen LogP contribution in [0.5, 0.6) is 0 Å². The van der Waals surface area contributed by atoms with Gasteiger partial charge in [0.1, 0.15) is 6.61 Å². The zero-order chi connectivity index (χ0) is 21.7. The molecule has 32 heavy (non-hydrogen) atoms. The number of nitrogens with zero attached hydrogens (tertiary/aromatic N) is 2. The summed E-state index contributed by atoms with van der Waals surface area (Å²) in [5, 5.41) is 0. The molecular weight excluding hydrogens is 396 g/mol. The van der Waals surface area contributed by atoms with E-state index < -0.39 is 0 Å². The Kier molecular flexibility index (Phi) is 4.60. The van der Waals surface area contributed by atoms with Crippen molar-refractivity contribution in [2.24, 2.45) is 0 Å². The van der Waals surface area contributed by atoms with Crippen LogP contribution in [0.3, 0.4) is 0 Å². The minimum atomic E-state index is -0.180. The molecule has 3 heterocycles. The van der Waals surface area contributed by atoms with E-state index in [4.69, 9.17) is 4.74 Å². The molecule has 0 saturated carbocycles. The summed E-state index contributed by atoms with van der Waals surface area (Å²) in [6.45, 7) is 2.40. The van der Waals surface area contributed by atoms with Crippen molar-refractivity contribution in [2.75, 3.05) is 6.61 Å². The fourth-order valence-corrected chi connectivity index (χ4v) is 5.74. The number of hydrogen-bond acceptors (Lipinski definition) is 3. The Morgan fingerprint density at radius 2 is 1.75 bits per heavy atom.